The normalized spacial score (nSPS) is 15.8. The number of para-hydroxylation sites is 1. The molecule has 3 heteroatoms. The van der Waals surface area contributed by atoms with E-state index in [1.165, 1.54) is 5.69 Å². The van der Waals surface area contributed by atoms with Crippen LogP contribution in [0.25, 0.3) is 6.08 Å². The molecule has 1 fully saturated rings. The molecule has 1 aromatic heterocycles. The lowest BCUT2D eigenvalue weighted by Crippen LogP contribution is -2.44. The molecule has 0 amide bonds. The fraction of sp³-hybridized carbons (Fsp3) is 0.235. The van der Waals surface area contributed by atoms with Crippen molar-refractivity contribution in [3.05, 3.63) is 66.6 Å². The smallest absolute Gasteiger partial charge is 0.0644 e. The predicted octanol–water partition coefficient (Wildman–Crippen LogP) is 2.87. The molecule has 1 aliphatic rings. The third-order valence-electron chi connectivity index (χ3n) is 3.58. The lowest BCUT2D eigenvalue weighted by molar-refractivity contribution is 0.351. The first-order chi connectivity index (χ1) is 9.92. The number of benzene rings is 1. The van der Waals surface area contributed by atoms with Crippen LogP contribution in [0.1, 0.15) is 5.69 Å². The predicted molar refractivity (Wildman–Crippen MR) is 83.5 cm³/mol. The summed E-state index contributed by atoms with van der Waals surface area (Å²) < 4.78 is 0. The van der Waals surface area contributed by atoms with Gasteiger partial charge in [0, 0.05) is 44.3 Å². The Bertz CT molecular complexity index is 543. The van der Waals surface area contributed by atoms with Crippen LogP contribution in [0.5, 0.6) is 0 Å². The van der Waals surface area contributed by atoms with Crippen molar-refractivity contribution in [2.45, 2.75) is 0 Å². The number of nitrogens with zero attached hydrogens (tertiary/aromatic N) is 3. The first kappa shape index (κ1) is 12.7. The number of anilines is 1. The SMILES string of the molecule is C(=C\N1CCN(c2ccccc2)CC1)/c1ccccn1. The van der Waals surface area contributed by atoms with E-state index in [0.29, 0.717) is 0 Å². The van der Waals surface area contributed by atoms with Gasteiger partial charge < -0.3 is 9.80 Å². The quantitative estimate of drug-likeness (QED) is 0.850. The highest BCUT2D eigenvalue weighted by molar-refractivity contribution is 5.47. The highest BCUT2D eigenvalue weighted by Crippen LogP contribution is 2.15. The number of piperazine rings is 1. The Labute approximate surface area is 120 Å². The molecule has 3 nitrogen and oxygen atoms in total. The minimum atomic E-state index is 1.01. The maximum absolute atomic E-state index is 4.30. The van der Waals surface area contributed by atoms with Crippen LogP contribution in [0, 0.1) is 0 Å². The zero-order valence-electron chi connectivity index (χ0n) is 11.5. The van der Waals surface area contributed by atoms with Crippen molar-refractivity contribution >= 4 is 11.8 Å². The number of hydrogen-bond acceptors (Lipinski definition) is 3. The highest BCUT2D eigenvalue weighted by atomic mass is 15.3. The summed E-state index contributed by atoms with van der Waals surface area (Å²) in [6.07, 6.45) is 6.07. The summed E-state index contributed by atoms with van der Waals surface area (Å²) in [5.41, 5.74) is 2.33. The van der Waals surface area contributed by atoms with E-state index in [9.17, 15) is 0 Å². The van der Waals surface area contributed by atoms with Crippen molar-refractivity contribution in [3.63, 3.8) is 0 Å². The first-order valence-corrected chi connectivity index (χ1v) is 7.05. The van der Waals surface area contributed by atoms with E-state index in [2.05, 4.69) is 57.4 Å². The maximum atomic E-state index is 4.30. The van der Waals surface area contributed by atoms with Gasteiger partial charge in [-0.1, -0.05) is 24.3 Å². The summed E-state index contributed by atoms with van der Waals surface area (Å²) in [4.78, 5) is 9.09. The molecule has 1 aliphatic heterocycles. The molecule has 0 bridgehead atoms. The third kappa shape index (κ3) is 3.18. The molecule has 2 heterocycles. The van der Waals surface area contributed by atoms with Gasteiger partial charge in [0.15, 0.2) is 0 Å². The van der Waals surface area contributed by atoms with Crippen LogP contribution in [0.3, 0.4) is 0 Å². The van der Waals surface area contributed by atoms with Crippen LogP contribution in [0.15, 0.2) is 60.9 Å². The van der Waals surface area contributed by atoms with Crippen molar-refractivity contribution in [3.8, 4) is 0 Å². The van der Waals surface area contributed by atoms with Crippen LogP contribution < -0.4 is 4.90 Å². The average Bonchev–Trinajstić information content (AvgIpc) is 2.55. The van der Waals surface area contributed by atoms with E-state index in [-0.39, 0.29) is 0 Å². The van der Waals surface area contributed by atoms with Crippen molar-refractivity contribution in [1.29, 1.82) is 0 Å². The van der Waals surface area contributed by atoms with Gasteiger partial charge in [-0.3, -0.25) is 4.98 Å². The lowest BCUT2D eigenvalue weighted by atomic mass is 10.2. The Kier molecular flexibility index (Phi) is 3.97. The monoisotopic (exact) mass is 265 g/mol. The molecule has 1 saturated heterocycles. The Morgan fingerprint density at radius 1 is 0.850 bits per heavy atom. The molecule has 0 N–H and O–H groups in total. The van der Waals surface area contributed by atoms with Crippen LogP contribution >= 0.6 is 0 Å². The van der Waals surface area contributed by atoms with Gasteiger partial charge in [0.05, 0.1) is 5.69 Å². The summed E-state index contributed by atoms with van der Waals surface area (Å²) in [7, 11) is 0. The Morgan fingerprint density at radius 3 is 2.30 bits per heavy atom. The first-order valence-electron chi connectivity index (χ1n) is 7.05. The Balaban J connectivity index is 1.55. The van der Waals surface area contributed by atoms with E-state index in [1.807, 2.05) is 24.4 Å². The summed E-state index contributed by atoms with van der Waals surface area (Å²) in [5, 5.41) is 0. The molecule has 0 aliphatic carbocycles. The molecule has 20 heavy (non-hydrogen) atoms. The molecule has 2 aromatic rings. The molecule has 3 rings (SSSR count). The maximum Gasteiger partial charge on any atom is 0.0644 e. The molecular weight excluding hydrogens is 246 g/mol. The van der Waals surface area contributed by atoms with Gasteiger partial charge >= 0.3 is 0 Å². The van der Waals surface area contributed by atoms with Crippen molar-refractivity contribution in [2.75, 3.05) is 31.1 Å². The molecular formula is C17H19N3. The van der Waals surface area contributed by atoms with Crippen LogP contribution in [0.4, 0.5) is 5.69 Å². The standard InChI is InChI=1S/C17H19N3/c1-2-7-17(8-3-1)20-14-12-19(13-15-20)11-9-16-6-4-5-10-18-16/h1-11H,12-15H2/b11-9+. The second-order valence-electron chi connectivity index (χ2n) is 4.93. The fourth-order valence-electron chi connectivity index (χ4n) is 2.42. The van der Waals surface area contributed by atoms with Crippen LogP contribution in [-0.2, 0) is 0 Å². The van der Waals surface area contributed by atoms with Crippen molar-refractivity contribution in [2.24, 2.45) is 0 Å². The number of aromatic nitrogens is 1. The van der Waals surface area contributed by atoms with Crippen molar-refractivity contribution < 1.29 is 0 Å². The molecule has 0 atom stereocenters. The minimum absolute atomic E-state index is 1.01. The van der Waals surface area contributed by atoms with Gasteiger partial charge in [-0.15, -0.1) is 0 Å². The van der Waals surface area contributed by atoms with Gasteiger partial charge in [0.2, 0.25) is 0 Å². The summed E-state index contributed by atoms with van der Waals surface area (Å²) in [6, 6.07) is 16.6. The van der Waals surface area contributed by atoms with Crippen LogP contribution in [0.2, 0.25) is 0 Å². The molecule has 0 spiro atoms. The third-order valence-corrected chi connectivity index (χ3v) is 3.58. The fourth-order valence-corrected chi connectivity index (χ4v) is 2.42. The molecule has 0 saturated carbocycles. The Morgan fingerprint density at radius 2 is 1.60 bits per heavy atom. The summed E-state index contributed by atoms with van der Waals surface area (Å²) in [6.45, 7) is 4.24. The molecule has 1 aromatic carbocycles. The van der Waals surface area contributed by atoms with Gasteiger partial charge in [0.25, 0.3) is 0 Å². The Hall–Kier alpha value is -2.29. The largest absolute Gasteiger partial charge is 0.374 e. The van der Waals surface area contributed by atoms with Gasteiger partial charge in [-0.05, 0) is 30.3 Å². The number of hydrogen-bond donors (Lipinski definition) is 0. The number of rotatable bonds is 3. The van der Waals surface area contributed by atoms with Gasteiger partial charge in [0.1, 0.15) is 0 Å². The van der Waals surface area contributed by atoms with E-state index < -0.39 is 0 Å². The average molecular weight is 265 g/mol. The second kappa shape index (κ2) is 6.24. The summed E-state index contributed by atoms with van der Waals surface area (Å²) >= 11 is 0. The zero-order chi connectivity index (χ0) is 13.6. The minimum Gasteiger partial charge on any atom is -0.374 e. The van der Waals surface area contributed by atoms with E-state index >= 15 is 0 Å². The van der Waals surface area contributed by atoms with Crippen molar-refractivity contribution in [1.82, 2.24) is 9.88 Å². The summed E-state index contributed by atoms with van der Waals surface area (Å²) in [5.74, 6) is 0. The van der Waals surface area contributed by atoms with Crippen LogP contribution in [-0.4, -0.2) is 36.1 Å². The molecule has 102 valence electrons. The highest BCUT2D eigenvalue weighted by Gasteiger charge is 2.14. The number of pyridine rings is 1. The van der Waals surface area contributed by atoms with E-state index in [4.69, 9.17) is 0 Å². The van der Waals surface area contributed by atoms with Gasteiger partial charge in [-0.2, -0.15) is 0 Å². The molecule has 0 unspecified atom stereocenters. The second-order valence-corrected chi connectivity index (χ2v) is 4.93. The zero-order valence-corrected chi connectivity index (χ0v) is 11.5. The van der Waals surface area contributed by atoms with Gasteiger partial charge in [-0.25, -0.2) is 0 Å². The molecule has 0 radical (unpaired) electrons. The lowest BCUT2D eigenvalue weighted by Gasteiger charge is -2.35. The topological polar surface area (TPSA) is 19.4 Å². The van der Waals surface area contributed by atoms with E-state index in [0.717, 1.165) is 31.9 Å². The van der Waals surface area contributed by atoms with E-state index in [1.54, 1.807) is 0 Å².